The van der Waals surface area contributed by atoms with E-state index < -0.39 is 5.82 Å². The number of carbonyl (C=O) groups excluding carboxylic acids is 1. The fourth-order valence-electron chi connectivity index (χ4n) is 2.89. The number of aromatic nitrogens is 1. The van der Waals surface area contributed by atoms with Crippen LogP contribution in [0.25, 0.3) is 11.1 Å². The molecule has 1 aliphatic carbocycles. The normalized spacial score (nSPS) is 16.4. The number of pyridine rings is 1. The van der Waals surface area contributed by atoms with E-state index in [2.05, 4.69) is 10.3 Å². The molecule has 0 saturated heterocycles. The van der Waals surface area contributed by atoms with E-state index in [1.807, 2.05) is 6.92 Å². The van der Waals surface area contributed by atoms with E-state index in [1.165, 1.54) is 6.07 Å². The van der Waals surface area contributed by atoms with E-state index in [-0.39, 0.29) is 17.0 Å². The lowest BCUT2D eigenvalue weighted by Crippen LogP contribution is -2.26. The van der Waals surface area contributed by atoms with Crippen LogP contribution in [0.1, 0.15) is 36.9 Å². The fraction of sp³-hybridized carbons (Fsp3) is 0.294. The molecule has 0 spiro atoms. The van der Waals surface area contributed by atoms with Crippen LogP contribution in [0.5, 0.6) is 0 Å². The van der Waals surface area contributed by atoms with Crippen molar-refractivity contribution < 1.29 is 9.18 Å². The van der Waals surface area contributed by atoms with Crippen LogP contribution in [0.15, 0.2) is 30.6 Å². The minimum Gasteiger partial charge on any atom is -0.349 e. The van der Waals surface area contributed by atoms with E-state index in [4.69, 9.17) is 11.6 Å². The van der Waals surface area contributed by atoms with Gasteiger partial charge in [-0.25, -0.2) is 4.39 Å². The van der Waals surface area contributed by atoms with Crippen molar-refractivity contribution in [3.8, 4) is 11.1 Å². The van der Waals surface area contributed by atoms with Crippen molar-refractivity contribution in [2.75, 3.05) is 0 Å². The van der Waals surface area contributed by atoms with E-state index in [0.717, 1.165) is 35.1 Å². The largest absolute Gasteiger partial charge is 0.349 e. The second kappa shape index (κ2) is 6.05. The zero-order valence-electron chi connectivity index (χ0n) is 12.2. The first-order valence-electron chi connectivity index (χ1n) is 7.31. The molecule has 22 heavy (non-hydrogen) atoms. The molecule has 3 rings (SSSR count). The molecule has 1 N–H and O–H groups in total. The summed E-state index contributed by atoms with van der Waals surface area (Å²) in [4.78, 5) is 15.9. The first-order valence-corrected chi connectivity index (χ1v) is 7.69. The number of hydrogen-bond donors (Lipinski definition) is 1. The van der Waals surface area contributed by atoms with E-state index in [9.17, 15) is 9.18 Å². The van der Waals surface area contributed by atoms with Gasteiger partial charge in [0.25, 0.3) is 0 Å². The number of amides is 1. The quantitative estimate of drug-likeness (QED) is 0.927. The lowest BCUT2D eigenvalue weighted by atomic mass is 9.99. The lowest BCUT2D eigenvalue weighted by Gasteiger charge is -2.14. The van der Waals surface area contributed by atoms with Crippen molar-refractivity contribution in [3.05, 3.63) is 52.6 Å². The molecule has 2 aromatic rings. The van der Waals surface area contributed by atoms with Gasteiger partial charge in [0, 0.05) is 24.4 Å². The Kier molecular flexibility index (Phi) is 4.12. The van der Waals surface area contributed by atoms with Crippen LogP contribution in [0.2, 0.25) is 5.02 Å². The van der Waals surface area contributed by atoms with Gasteiger partial charge in [-0.1, -0.05) is 24.6 Å². The molecule has 1 amide bonds. The van der Waals surface area contributed by atoms with Crippen molar-refractivity contribution in [1.82, 2.24) is 10.3 Å². The Morgan fingerprint density at radius 2 is 2.27 bits per heavy atom. The van der Waals surface area contributed by atoms with E-state index in [1.54, 1.807) is 24.5 Å². The van der Waals surface area contributed by atoms with Crippen LogP contribution in [0.4, 0.5) is 4.39 Å². The summed E-state index contributed by atoms with van der Waals surface area (Å²) in [7, 11) is 0. The van der Waals surface area contributed by atoms with Crippen molar-refractivity contribution in [3.63, 3.8) is 0 Å². The zero-order valence-corrected chi connectivity index (χ0v) is 13.0. The highest BCUT2D eigenvalue weighted by atomic mass is 35.5. The molecule has 0 fully saturated rings. The zero-order chi connectivity index (χ0) is 15.7. The van der Waals surface area contributed by atoms with E-state index in [0.29, 0.717) is 6.42 Å². The topological polar surface area (TPSA) is 42.0 Å². The molecule has 0 unspecified atom stereocenters. The highest BCUT2D eigenvalue weighted by Crippen LogP contribution is 2.37. The average Bonchev–Trinajstić information content (AvgIpc) is 2.93. The number of benzene rings is 1. The molecule has 1 aromatic carbocycles. The molecular weight excluding hydrogens is 303 g/mol. The summed E-state index contributed by atoms with van der Waals surface area (Å²) >= 11 is 5.74. The minimum absolute atomic E-state index is 0.00736. The van der Waals surface area contributed by atoms with Gasteiger partial charge >= 0.3 is 0 Å². The van der Waals surface area contributed by atoms with Gasteiger partial charge in [-0.3, -0.25) is 9.78 Å². The molecule has 114 valence electrons. The Morgan fingerprint density at radius 1 is 1.45 bits per heavy atom. The summed E-state index contributed by atoms with van der Waals surface area (Å²) in [5.41, 5.74) is 3.81. The monoisotopic (exact) mass is 318 g/mol. The molecule has 0 saturated carbocycles. The molecule has 3 nitrogen and oxygen atoms in total. The van der Waals surface area contributed by atoms with Crippen LogP contribution in [-0.4, -0.2) is 10.9 Å². The summed E-state index contributed by atoms with van der Waals surface area (Å²) in [6.45, 7) is 1.83. The second-order valence-electron chi connectivity index (χ2n) is 5.40. The number of halogens is 2. The standard InChI is InChI=1S/C17H16ClFN2O/c1-2-17(22)21-16-6-4-11-12(8-20-9-13(11)16)10-3-5-14(18)15(19)7-10/h3,5,7-9,16H,2,4,6H2,1H3,(H,21,22)/t16-/m0/s1. The third kappa shape index (κ3) is 2.71. The molecule has 5 heteroatoms. The van der Waals surface area contributed by atoms with Crippen LogP contribution in [0.3, 0.4) is 0 Å². The Hall–Kier alpha value is -1.94. The number of fused-ring (bicyclic) bond motifs is 1. The molecule has 1 heterocycles. The molecule has 0 bridgehead atoms. The number of rotatable bonds is 3. The van der Waals surface area contributed by atoms with Gasteiger partial charge in [0.15, 0.2) is 0 Å². The second-order valence-corrected chi connectivity index (χ2v) is 5.80. The van der Waals surface area contributed by atoms with Gasteiger partial charge < -0.3 is 5.32 Å². The van der Waals surface area contributed by atoms with Gasteiger partial charge in [-0.15, -0.1) is 0 Å². The van der Waals surface area contributed by atoms with Crippen LogP contribution >= 0.6 is 11.6 Å². The van der Waals surface area contributed by atoms with Gasteiger partial charge in [0.1, 0.15) is 5.82 Å². The predicted molar refractivity (Wildman–Crippen MR) is 84.1 cm³/mol. The van der Waals surface area contributed by atoms with Crippen molar-refractivity contribution in [2.45, 2.75) is 32.2 Å². The summed E-state index contributed by atoms with van der Waals surface area (Å²) < 4.78 is 13.7. The van der Waals surface area contributed by atoms with Crippen molar-refractivity contribution in [1.29, 1.82) is 0 Å². The van der Waals surface area contributed by atoms with Crippen LogP contribution in [0, 0.1) is 5.82 Å². The van der Waals surface area contributed by atoms with E-state index >= 15 is 0 Å². The first kappa shape index (κ1) is 15.0. The molecule has 0 radical (unpaired) electrons. The van der Waals surface area contributed by atoms with Crippen molar-refractivity contribution >= 4 is 17.5 Å². The molecule has 1 atom stereocenters. The highest BCUT2D eigenvalue weighted by Gasteiger charge is 2.26. The summed E-state index contributed by atoms with van der Waals surface area (Å²) in [6, 6.07) is 4.77. The smallest absolute Gasteiger partial charge is 0.220 e. The van der Waals surface area contributed by atoms with Gasteiger partial charge in [0.05, 0.1) is 11.1 Å². The average molecular weight is 319 g/mol. The third-order valence-electron chi connectivity index (χ3n) is 4.04. The van der Waals surface area contributed by atoms with Crippen LogP contribution < -0.4 is 5.32 Å². The number of nitrogens with zero attached hydrogens (tertiary/aromatic N) is 1. The molecular formula is C17H16ClFN2O. The SMILES string of the molecule is CCC(=O)N[C@H]1CCc2c(-c3ccc(Cl)c(F)c3)cncc21. The number of nitrogens with one attached hydrogen (secondary N) is 1. The maximum Gasteiger partial charge on any atom is 0.220 e. The van der Waals surface area contributed by atoms with Gasteiger partial charge in [-0.2, -0.15) is 0 Å². The predicted octanol–water partition coefficient (Wildman–Crippen LogP) is 4.05. The maximum atomic E-state index is 13.7. The maximum absolute atomic E-state index is 13.7. The van der Waals surface area contributed by atoms with Crippen LogP contribution in [-0.2, 0) is 11.2 Å². The van der Waals surface area contributed by atoms with Crippen molar-refractivity contribution in [2.24, 2.45) is 0 Å². The summed E-state index contributed by atoms with van der Waals surface area (Å²) in [5, 5.41) is 3.12. The fourth-order valence-corrected chi connectivity index (χ4v) is 3.00. The summed E-state index contributed by atoms with van der Waals surface area (Å²) in [6.07, 6.45) is 5.67. The minimum atomic E-state index is -0.439. The Morgan fingerprint density at radius 3 is 3.00 bits per heavy atom. The highest BCUT2D eigenvalue weighted by molar-refractivity contribution is 6.30. The number of hydrogen-bond acceptors (Lipinski definition) is 2. The van der Waals surface area contributed by atoms with Gasteiger partial charge in [-0.05, 0) is 41.7 Å². The molecule has 1 aliphatic rings. The Bertz CT molecular complexity index is 733. The third-order valence-corrected chi connectivity index (χ3v) is 4.34. The Balaban J connectivity index is 1.99. The lowest BCUT2D eigenvalue weighted by molar-refractivity contribution is -0.121. The first-order chi connectivity index (χ1) is 10.6. The number of carbonyl (C=O) groups is 1. The Labute approximate surface area is 133 Å². The van der Waals surface area contributed by atoms with Gasteiger partial charge in [0.2, 0.25) is 5.91 Å². The summed E-state index contributed by atoms with van der Waals surface area (Å²) in [5.74, 6) is -0.411. The molecule has 0 aliphatic heterocycles. The molecule has 1 aromatic heterocycles.